The second kappa shape index (κ2) is 7.66. The van der Waals surface area contributed by atoms with Crippen molar-refractivity contribution in [2.45, 2.75) is 6.92 Å². The van der Waals surface area contributed by atoms with Crippen molar-refractivity contribution < 1.29 is 9.72 Å². The Kier molecular flexibility index (Phi) is 4.90. The molecule has 0 bridgehead atoms. The molecule has 148 valence electrons. The average molecular weight is 393 g/mol. The van der Waals surface area contributed by atoms with Crippen molar-refractivity contribution in [3.63, 3.8) is 0 Å². The minimum atomic E-state index is -0.524. The number of hydrogen-bond donors (Lipinski definition) is 0. The van der Waals surface area contributed by atoms with Crippen LogP contribution in [0.2, 0.25) is 0 Å². The highest BCUT2D eigenvalue weighted by atomic mass is 16.6. The van der Waals surface area contributed by atoms with Crippen LogP contribution in [0.3, 0.4) is 0 Å². The molecule has 10 heteroatoms. The number of rotatable bonds is 4. The zero-order chi connectivity index (χ0) is 20.4. The van der Waals surface area contributed by atoms with E-state index in [1.165, 1.54) is 12.1 Å². The van der Waals surface area contributed by atoms with E-state index in [2.05, 4.69) is 20.0 Å². The molecule has 3 aromatic rings. The number of benzene rings is 1. The number of nitrogens with zero attached hydrogens (tertiary/aromatic N) is 7. The van der Waals surface area contributed by atoms with Gasteiger partial charge in [-0.1, -0.05) is 12.1 Å². The number of hydrogen-bond acceptors (Lipinski definition) is 7. The first-order valence-electron chi connectivity index (χ1n) is 9.16. The molecule has 1 amide bonds. The SMILES string of the molecule is Cc1nc(N2CCN(C(=O)c3ccccc3[N+](=O)[O-])CC2)cc(-n2cccn2)n1. The van der Waals surface area contributed by atoms with Crippen LogP contribution in [0.15, 0.2) is 48.8 Å². The number of carbonyl (C=O) groups is 1. The van der Waals surface area contributed by atoms with Crippen molar-refractivity contribution in [3.8, 4) is 5.82 Å². The summed E-state index contributed by atoms with van der Waals surface area (Å²) in [5.74, 6) is 1.75. The van der Waals surface area contributed by atoms with Crippen LogP contribution in [0, 0.1) is 17.0 Å². The summed E-state index contributed by atoms with van der Waals surface area (Å²) in [4.78, 5) is 36.1. The molecule has 29 heavy (non-hydrogen) atoms. The van der Waals surface area contributed by atoms with E-state index in [0.717, 1.165) is 5.82 Å². The Morgan fingerprint density at radius 1 is 1.07 bits per heavy atom. The van der Waals surface area contributed by atoms with Gasteiger partial charge < -0.3 is 9.80 Å². The fourth-order valence-electron chi connectivity index (χ4n) is 3.34. The van der Waals surface area contributed by atoms with E-state index in [4.69, 9.17) is 0 Å². The van der Waals surface area contributed by atoms with Gasteiger partial charge >= 0.3 is 0 Å². The van der Waals surface area contributed by atoms with Crippen LogP contribution in [0.4, 0.5) is 11.5 Å². The van der Waals surface area contributed by atoms with Gasteiger partial charge in [0.05, 0.1) is 4.92 Å². The van der Waals surface area contributed by atoms with E-state index >= 15 is 0 Å². The van der Waals surface area contributed by atoms with Crippen LogP contribution in [0.25, 0.3) is 5.82 Å². The van der Waals surface area contributed by atoms with Gasteiger partial charge in [-0.15, -0.1) is 0 Å². The minimum Gasteiger partial charge on any atom is -0.353 e. The number of aromatic nitrogens is 4. The van der Waals surface area contributed by atoms with Crippen molar-refractivity contribution in [3.05, 3.63) is 70.3 Å². The van der Waals surface area contributed by atoms with Crippen LogP contribution < -0.4 is 4.90 Å². The van der Waals surface area contributed by atoms with Crippen molar-refractivity contribution in [2.24, 2.45) is 0 Å². The third kappa shape index (κ3) is 3.77. The first kappa shape index (κ1) is 18.5. The van der Waals surface area contributed by atoms with Gasteiger partial charge in [0.25, 0.3) is 11.6 Å². The molecule has 0 aliphatic carbocycles. The highest BCUT2D eigenvalue weighted by molar-refractivity contribution is 5.98. The van der Waals surface area contributed by atoms with Crippen LogP contribution in [0.1, 0.15) is 16.2 Å². The third-order valence-electron chi connectivity index (χ3n) is 4.77. The fourth-order valence-corrected chi connectivity index (χ4v) is 3.34. The largest absolute Gasteiger partial charge is 0.353 e. The Balaban J connectivity index is 1.49. The van der Waals surface area contributed by atoms with E-state index in [0.29, 0.717) is 37.8 Å². The molecule has 1 aromatic carbocycles. The molecule has 0 unspecified atom stereocenters. The van der Waals surface area contributed by atoms with Crippen LogP contribution in [0.5, 0.6) is 0 Å². The first-order chi connectivity index (χ1) is 14.0. The van der Waals surface area contributed by atoms with E-state index < -0.39 is 4.92 Å². The summed E-state index contributed by atoms with van der Waals surface area (Å²) in [5.41, 5.74) is -0.0555. The number of aryl methyl sites for hydroxylation is 1. The normalized spacial score (nSPS) is 14.1. The molecule has 0 atom stereocenters. The summed E-state index contributed by atoms with van der Waals surface area (Å²) in [6, 6.07) is 9.73. The lowest BCUT2D eigenvalue weighted by atomic mass is 10.1. The van der Waals surface area contributed by atoms with Gasteiger partial charge in [0.15, 0.2) is 5.82 Å². The Labute approximate surface area is 166 Å². The minimum absolute atomic E-state index is 0.116. The van der Waals surface area contributed by atoms with Gasteiger partial charge in [-0.3, -0.25) is 14.9 Å². The average Bonchev–Trinajstić information content (AvgIpc) is 3.28. The topological polar surface area (TPSA) is 110 Å². The highest BCUT2D eigenvalue weighted by Gasteiger charge is 2.27. The van der Waals surface area contributed by atoms with Crippen molar-refractivity contribution in [2.75, 3.05) is 31.1 Å². The molecule has 10 nitrogen and oxygen atoms in total. The second-order valence-corrected chi connectivity index (χ2v) is 6.64. The molecule has 0 N–H and O–H groups in total. The lowest BCUT2D eigenvalue weighted by Gasteiger charge is -2.35. The molecular formula is C19H19N7O3. The number of nitro benzene ring substituents is 1. The maximum atomic E-state index is 12.8. The highest BCUT2D eigenvalue weighted by Crippen LogP contribution is 2.22. The molecule has 1 fully saturated rings. The van der Waals surface area contributed by atoms with Crippen molar-refractivity contribution >= 4 is 17.4 Å². The summed E-state index contributed by atoms with van der Waals surface area (Å²) in [7, 11) is 0. The Bertz CT molecular complexity index is 1040. The quantitative estimate of drug-likeness (QED) is 0.491. The summed E-state index contributed by atoms with van der Waals surface area (Å²) in [5, 5.41) is 15.4. The summed E-state index contributed by atoms with van der Waals surface area (Å²) in [6.45, 7) is 3.86. The van der Waals surface area contributed by atoms with Gasteiger partial charge in [0.2, 0.25) is 0 Å². The molecule has 0 spiro atoms. The third-order valence-corrected chi connectivity index (χ3v) is 4.77. The molecule has 3 heterocycles. The number of carbonyl (C=O) groups excluding carboxylic acids is 1. The van der Waals surface area contributed by atoms with E-state index in [-0.39, 0.29) is 17.2 Å². The zero-order valence-electron chi connectivity index (χ0n) is 15.8. The monoisotopic (exact) mass is 393 g/mol. The Morgan fingerprint density at radius 3 is 2.48 bits per heavy atom. The maximum absolute atomic E-state index is 12.8. The lowest BCUT2D eigenvalue weighted by Crippen LogP contribution is -2.49. The summed E-state index contributed by atoms with van der Waals surface area (Å²) < 4.78 is 1.67. The second-order valence-electron chi connectivity index (χ2n) is 6.64. The van der Waals surface area contributed by atoms with Gasteiger partial charge in [-0.05, 0) is 19.1 Å². The molecule has 1 aliphatic rings. The van der Waals surface area contributed by atoms with Gasteiger partial charge in [-0.2, -0.15) is 5.10 Å². The Hall–Kier alpha value is -3.82. The van der Waals surface area contributed by atoms with Gasteiger partial charge in [0.1, 0.15) is 17.2 Å². The fraction of sp³-hybridized carbons (Fsp3) is 0.263. The van der Waals surface area contributed by atoms with Crippen molar-refractivity contribution in [1.82, 2.24) is 24.6 Å². The lowest BCUT2D eigenvalue weighted by molar-refractivity contribution is -0.385. The summed E-state index contributed by atoms with van der Waals surface area (Å²) >= 11 is 0. The number of nitro groups is 1. The Morgan fingerprint density at radius 2 is 1.79 bits per heavy atom. The first-order valence-corrected chi connectivity index (χ1v) is 9.16. The predicted octanol–water partition coefficient (Wildman–Crippen LogP) is 1.84. The van der Waals surface area contributed by atoms with Crippen LogP contribution >= 0.6 is 0 Å². The smallest absolute Gasteiger partial charge is 0.282 e. The predicted molar refractivity (Wildman–Crippen MR) is 105 cm³/mol. The van der Waals surface area contributed by atoms with Crippen LogP contribution in [-0.4, -0.2) is 61.7 Å². The van der Waals surface area contributed by atoms with E-state index in [1.54, 1.807) is 27.9 Å². The van der Waals surface area contributed by atoms with E-state index in [9.17, 15) is 14.9 Å². The maximum Gasteiger partial charge on any atom is 0.282 e. The molecule has 1 saturated heterocycles. The molecule has 0 saturated carbocycles. The van der Waals surface area contributed by atoms with Crippen LogP contribution in [-0.2, 0) is 0 Å². The molecule has 0 radical (unpaired) electrons. The number of amides is 1. The van der Waals surface area contributed by atoms with Crippen molar-refractivity contribution in [1.29, 1.82) is 0 Å². The molecule has 2 aromatic heterocycles. The van der Waals surface area contributed by atoms with Gasteiger partial charge in [0, 0.05) is 50.7 Å². The number of piperazine rings is 1. The number of para-hydroxylation sites is 1. The summed E-state index contributed by atoms with van der Waals surface area (Å²) in [6.07, 6.45) is 3.50. The van der Waals surface area contributed by atoms with Gasteiger partial charge in [-0.25, -0.2) is 14.6 Å². The molecule has 1 aliphatic heterocycles. The number of anilines is 1. The standard InChI is InChI=1S/C19H19N7O3/c1-14-21-17(13-18(22-14)25-8-4-7-20-25)23-9-11-24(12-10-23)19(27)15-5-2-3-6-16(15)26(28)29/h2-8,13H,9-12H2,1H3. The van der Waals surface area contributed by atoms with E-state index in [1.807, 2.05) is 25.3 Å². The zero-order valence-corrected chi connectivity index (χ0v) is 15.8. The molecule has 4 rings (SSSR count). The molecular weight excluding hydrogens is 374 g/mol.